The molecule has 0 spiro atoms. The van der Waals surface area contributed by atoms with Crippen LogP contribution in [0.5, 0.6) is 0 Å². The highest BCUT2D eigenvalue weighted by Gasteiger charge is 2.36. The van der Waals surface area contributed by atoms with Gasteiger partial charge in [-0.15, -0.1) is 0 Å². The Balaban J connectivity index is 2.33. The van der Waals surface area contributed by atoms with Crippen LogP contribution in [0.2, 0.25) is 0 Å². The van der Waals surface area contributed by atoms with Gasteiger partial charge in [-0.2, -0.15) is 0 Å². The summed E-state index contributed by atoms with van der Waals surface area (Å²) in [6, 6.07) is 5.90. The first-order valence-electron chi connectivity index (χ1n) is 5.08. The molecule has 0 bridgehead atoms. The summed E-state index contributed by atoms with van der Waals surface area (Å²) in [6.45, 7) is 2.04. The molecule has 0 heterocycles. The van der Waals surface area contributed by atoms with E-state index in [-0.39, 0.29) is 12.0 Å². The van der Waals surface area contributed by atoms with Crippen LogP contribution in [0.4, 0.5) is 0 Å². The molecule has 1 saturated carbocycles. The number of benzene rings is 1. The molecular formula is C12H15NO2. The molecular weight excluding hydrogens is 190 g/mol. The summed E-state index contributed by atoms with van der Waals surface area (Å²) in [4.78, 5) is 11.3. The Kier molecular flexibility index (Phi) is 2.49. The first kappa shape index (κ1) is 10.2. The van der Waals surface area contributed by atoms with Crippen molar-refractivity contribution in [1.29, 1.82) is 0 Å². The number of hydrogen-bond donors (Lipinski definition) is 1. The lowest BCUT2D eigenvalue weighted by atomic mass is 10.0. The maximum absolute atomic E-state index is 11.3. The summed E-state index contributed by atoms with van der Waals surface area (Å²) in [5, 5.41) is 0. The molecule has 1 aliphatic rings. The highest BCUT2D eigenvalue weighted by atomic mass is 16.5. The third-order valence-corrected chi connectivity index (χ3v) is 2.94. The van der Waals surface area contributed by atoms with Crippen molar-refractivity contribution in [3.63, 3.8) is 0 Å². The number of carbonyl (C=O) groups excluding carboxylic acids is 1. The molecule has 2 rings (SSSR count). The van der Waals surface area contributed by atoms with Crippen LogP contribution in [0.25, 0.3) is 0 Å². The lowest BCUT2D eigenvalue weighted by molar-refractivity contribution is 0.0600. The minimum absolute atomic E-state index is 0.261. The Morgan fingerprint density at radius 1 is 1.53 bits per heavy atom. The normalized spacial score (nSPS) is 23.7. The van der Waals surface area contributed by atoms with Gasteiger partial charge in [-0.3, -0.25) is 0 Å². The quantitative estimate of drug-likeness (QED) is 0.746. The Morgan fingerprint density at radius 3 is 2.73 bits per heavy atom. The van der Waals surface area contributed by atoms with Crippen LogP contribution in [-0.2, 0) is 4.74 Å². The second-order valence-electron chi connectivity index (χ2n) is 4.07. The summed E-state index contributed by atoms with van der Waals surface area (Å²) in [5.74, 6) is 0.139. The number of hydrogen-bond acceptors (Lipinski definition) is 3. The van der Waals surface area contributed by atoms with Crippen molar-refractivity contribution in [3.8, 4) is 0 Å². The predicted octanol–water partition coefficient (Wildman–Crippen LogP) is 1.60. The Labute approximate surface area is 89.2 Å². The van der Waals surface area contributed by atoms with Crippen molar-refractivity contribution in [2.24, 2.45) is 5.73 Å². The zero-order valence-corrected chi connectivity index (χ0v) is 8.99. The number of carbonyl (C=O) groups is 1. The Hall–Kier alpha value is -1.35. The summed E-state index contributed by atoms with van der Waals surface area (Å²) >= 11 is 0. The molecule has 80 valence electrons. The molecule has 0 amide bonds. The average molecular weight is 205 g/mol. The van der Waals surface area contributed by atoms with Crippen LogP contribution in [0.3, 0.4) is 0 Å². The molecule has 0 aliphatic heterocycles. The van der Waals surface area contributed by atoms with Crippen molar-refractivity contribution in [1.82, 2.24) is 0 Å². The van der Waals surface area contributed by atoms with Gasteiger partial charge in [0.15, 0.2) is 0 Å². The summed E-state index contributed by atoms with van der Waals surface area (Å²) in [7, 11) is 1.39. The van der Waals surface area contributed by atoms with Crippen molar-refractivity contribution in [2.45, 2.75) is 25.3 Å². The second-order valence-corrected chi connectivity index (χ2v) is 4.07. The second kappa shape index (κ2) is 3.66. The number of esters is 1. The molecule has 1 aliphatic carbocycles. The van der Waals surface area contributed by atoms with E-state index in [0.29, 0.717) is 11.5 Å². The van der Waals surface area contributed by atoms with E-state index in [9.17, 15) is 4.79 Å². The highest BCUT2D eigenvalue weighted by molar-refractivity contribution is 5.89. The number of aryl methyl sites for hydroxylation is 1. The van der Waals surface area contributed by atoms with Gasteiger partial charge < -0.3 is 10.5 Å². The lowest BCUT2D eigenvalue weighted by Crippen LogP contribution is -2.05. The number of ether oxygens (including phenoxy) is 1. The number of nitrogens with two attached hydrogens (primary N) is 1. The topological polar surface area (TPSA) is 52.3 Å². The van der Waals surface area contributed by atoms with E-state index in [1.807, 2.05) is 19.1 Å². The zero-order chi connectivity index (χ0) is 11.0. The average Bonchev–Trinajstić information content (AvgIpc) is 2.95. The van der Waals surface area contributed by atoms with Crippen LogP contribution in [-0.4, -0.2) is 19.1 Å². The monoisotopic (exact) mass is 205 g/mol. The van der Waals surface area contributed by atoms with E-state index >= 15 is 0 Å². The highest BCUT2D eigenvalue weighted by Crippen LogP contribution is 2.40. The summed E-state index contributed by atoms with van der Waals surface area (Å²) in [6.07, 6.45) is 1.02. The lowest BCUT2D eigenvalue weighted by Gasteiger charge is -2.06. The molecule has 1 fully saturated rings. The van der Waals surface area contributed by atoms with Gasteiger partial charge in [-0.25, -0.2) is 4.79 Å². The predicted molar refractivity (Wildman–Crippen MR) is 57.9 cm³/mol. The molecule has 0 saturated heterocycles. The van der Waals surface area contributed by atoms with Gasteiger partial charge in [0, 0.05) is 12.0 Å². The van der Waals surface area contributed by atoms with E-state index in [1.165, 1.54) is 18.2 Å². The van der Waals surface area contributed by atoms with Crippen molar-refractivity contribution in [2.75, 3.05) is 7.11 Å². The largest absolute Gasteiger partial charge is 0.465 e. The van der Waals surface area contributed by atoms with E-state index < -0.39 is 0 Å². The SMILES string of the molecule is COC(=O)c1ccc(C)c(C2CC2N)c1. The van der Waals surface area contributed by atoms with Crippen molar-refractivity contribution < 1.29 is 9.53 Å². The van der Waals surface area contributed by atoms with Gasteiger partial charge in [0.05, 0.1) is 12.7 Å². The standard InChI is InChI=1S/C12H15NO2/c1-7-3-4-8(12(14)15-2)5-9(7)10-6-11(10)13/h3-5,10-11H,6,13H2,1-2H3. The molecule has 2 unspecified atom stereocenters. The summed E-state index contributed by atoms with van der Waals surface area (Å²) in [5.41, 5.74) is 8.80. The van der Waals surface area contributed by atoms with Crippen LogP contribution in [0.15, 0.2) is 18.2 Å². The minimum Gasteiger partial charge on any atom is -0.465 e. The van der Waals surface area contributed by atoms with Crippen LogP contribution < -0.4 is 5.73 Å². The number of methoxy groups -OCH3 is 1. The smallest absolute Gasteiger partial charge is 0.337 e. The molecule has 2 atom stereocenters. The Bertz CT molecular complexity index is 401. The van der Waals surface area contributed by atoms with Crippen molar-refractivity contribution in [3.05, 3.63) is 34.9 Å². The van der Waals surface area contributed by atoms with Gasteiger partial charge in [0.25, 0.3) is 0 Å². The fourth-order valence-electron chi connectivity index (χ4n) is 1.86. The Morgan fingerprint density at radius 2 is 2.20 bits per heavy atom. The van der Waals surface area contributed by atoms with Gasteiger partial charge in [0.1, 0.15) is 0 Å². The van der Waals surface area contributed by atoms with Crippen LogP contribution in [0, 0.1) is 6.92 Å². The fourth-order valence-corrected chi connectivity index (χ4v) is 1.86. The third-order valence-electron chi connectivity index (χ3n) is 2.94. The van der Waals surface area contributed by atoms with E-state index in [0.717, 1.165) is 6.42 Å². The fraction of sp³-hybridized carbons (Fsp3) is 0.417. The van der Waals surface area contributed by atoms with Crippen LogP contribution >= 0.6 is 0 Å². The third kappa shape index (κ3) is 1.88. The molecule has 3 nitrogen and oxygen atoms in total. The molecule has 2 N–H and O–H groups in total. The molecule has 1 aromatic carbocycles. The van der Waals surface area contributed by atoms with E-state index in [4.69, 9.17) is 5.73 Å². The first-order valence-corrected chi connectivity index (χ1v) is 5.08. The zero-order valence-electron chi connectivity index (χ0n) is 8.99. The first-order chi connectivity index (χ1) is 7.13. The minimum atomic E-state index is -0.287. The van der Waals surface area contributed by atoms with Crippen molar-refractivity contribution >= 4 is 5.97 Å². The van der Waals surface area contributed by atoms with Gasteiger partial charge >= 0.3 is 5.97 Å². The molecule has 1 aromatic rings. The summed E-state index contributed by atoms with van der Waals surface area (Å²) < 4.78 is 4.69. The molecule has 3 heteroatoms. The van der Waals surface area contributed by atoms with Gasteiger partial charge in [0.2, 0.25) is 0 Å². The molecule has 15 heavy (non-hydrogen) atoms. The maximum Gasteiger partial charge on any atom is 0.337 e. The van der Waals surface area contributed by atoms with Crippen LogP contribution in [0.1, 0.15) is 33.8 Å². The van der Waals surface area contributed by atoms with E-state index in [1.54, 1.807) is 6.07 Å². The molecule has 0 aromatic heterocycles. The number of rotatable bonds is 2. The molecule has 0 radical (unpaired) electrons. The van der Waals surface area contributed by atoms with Gasteiger partial charge in [-0.1, -0.05) is 6.07 Å². The maximum atomic E-state index is 11.3. The van der Waals surface area contributed by atoms with E-state index in [2.05, 4.69) is 4.74 Å². The van der Waals surface area contributed by atoms with Gasteiger partial charge in [-0.05, 0) is 36.6 Å².